The Morgan fingerprint density at radius 2 is 1.02 bits per heavy atom. The molecule has 0 saturated heterocycles. The predicted octanol–water partition coefficient (Wildman–Crippen LogP) is 11.9. The highest BCUT2D eigenvalue weighted by atomic mass is 15.0. The van der Waals surface area contributed by atoms with Crippen LogP contribution in [0, 0.1) is 0 Å². The second kappa shape index (κ2) is 8.69. The maximum atomic E-state index is 2.50. The molecule has 0 aliphatic heterocycles. The van der Waals surface area contributed by atoms with Crippen LogP contribution in [0.15, 0.2) is 146 Å². The first-order valence-corrected chi connectivity index (χ1v) is 16.5. The zero-order valence-corrected chi connectivity index (χ0v) is 26.3. The normalized spacial score (nSPS) is 13.9. The standard InChI is InChI=1S/C45H30N2/c1-45(2)35-16-6-3-13-34(35)41-29(14-9-17-36(41)45)27-21-23-28(24-22-27)46-39-20-10-15-32-30-11-4-7-18-37(30)47-38-19-8-5-12-31(38)33-25-26-40(46)43(42(32)39)44(33)47/h3-26H,1-2H3. The highest BCUT2D eigenvalue weighted by molar-refractivity contribution is 6.33. The smallest absolute Gasteiger partial charge is 0.0641 e. The van der Waals surface area contributed by atoms with Crippen molar-refractivity contribution in [3.8, 4) is 27.9 Å². The molecule has 0 fully saturated rings. The summed E-state index contributed by atoms with van der Waals surface area (Å²) < 4.78 is 4.98. The van der Waals surface area contributed by atoms with Crippen molar-refractivity contribution >= 4 is 59.9 Å². The van der Waals surface area contributed by atoms with Crippen LogP contribution in [0.4, 0.5) is 0 Å². The zero-order valence-electron chi connectivity index (χ0n) is 26.3. The van der Waals surface area contributed by atoms with E-state index in [0.29, 0.717) is 0 Å². The fourth-order valence-electron chi connectivity index (χ4n) is 9.03. The van der Waals surface area contributed by atoms with E-state index >= 15 is 0 Å². The van der Waals surface area contributed by atoms with Gasteiger partial charge in [-0.15, -0.1) is 0 Å². The Morgan fingerprint density at radius 3 is 1.83 bits per heavy atom. The summed E-state index contributed by atoms with van der Waals surface area (Å²) in [5.74, 6) is 0. The van der Waals surface area contributed by atoms with Gasteiger partial charge < -0.3 is 8.97 Å². The molecule has 0 spiro atoms. The Kier molecular flexibility index (Phi) is 4.68. The van der Waals surface area contributed by atoms with Gasteiger partial charge in [0.15, 0.2) is 0 Å². The van der Waals surface area contributed by atoms with Crippen molar-refractivity contribution in [2.24, 2.45) is 0 Å². The van der Waals surface area contributed by atoms with Crippen LogP contribution in [0.1, 0.15) is 25.0 Å². The van der Waals surface area contributed by atoms with Crippen molar-refractivity contribution in [2.75, 3.05) is 0 Å². The van der Waals surface area contributed by atoms with E-state index in [4.69, 9.17) is 0 Å². The molecule has 220 valence electrons. The van der Waals surface area contributed by atoms with Crippen LogP contribution >= 0.6 is 0 Å². The van der Waals surface area contributed by atoms with Crippen LogP contribution in [0.5, 0.6) is 0 Å². The van der Waals surface area contributed by atoms with Gasteiger partial charge in [0.05, 0.1) is 27.6 Å². The summed E-state index contributed by atoms with van der Waals surface area (Å²) in [7, 11) is 0. The maximum absolute atomic E-state index is 2.50. The van der Waals surface area contributed by atoms with E-state index in [1.165, 1.54) is 99.0 Å². The molecule has 0 amide bonds. The summed E-state index contributed by atoms with van der Waals surface area (Å²) in [5, 5.41) is 7.81. The summed E-state index contributed by atoms with van der Waals surface area (Å²) in [5.41, 5.74) is 15.5. The molecule has 0 saturated carbocycles. The van der Waals surface area contributed by atoms with Crippen molar-refractivity contribution < 1.29 is 0 Å². The van der Waals surface area contributed by atoms with Gasteiger partial charge >= 0.3 is 0 Å². The number of fused-ring (bicyclic) bond motifs is 9. The average molecular weight is 599 g/mol. The van der Waals surface area contributed by atoms with Gasteiger partial charge in [-0.05, 0) is 75.2 Å². The van der Waals surface area contributed by atoms with Crippen molar-refractivity contribution in [3.63, 3.8) is 0 Å². The SMILES string of the molecule is CC1(C)c2ccccc2-c2c(-c3ccc(-n4c5cccc6c7ccccc7n7c8ccccc8c8ccc4c(c65)c87)cc3)cccc21. The van der Waals surface area contributed by atoms with Crippen molar-refractivity contribution in [1.82, 2.24) is 8.97 Å². The minimum Gasteiger partial charge on any atom is -0.309 e. The Bertz CT molecular complexity index is 2910. The molecule has 11 rings (SSSR count). The van der Waals surface area contributed by atoms with E-state index in [0.717, 1.165) is 0 Å². The fourth-order valence-corrected chi connectivity index (χ4v) is 9.03. The van der Waals surface area contributed by atoms with Crippen molar-refractivity contribution in [2.45, 2.75) is 19.3 Å². The third-order valence-corrected chi connectivity index (χ3v) is 11.1. The molecular weight excluding hydrogens is 569 g/mol. The second-order valence-electron chi connectivity index (χ2n) is 13.7. The number of rotatable bonds is 2. The average Bonchev–Trinajstić information content (AvgIpc) is 3.68. The third-order valence-electron chi connectivity index (χ3n) is 11.1. The van der Waals surface area contributed by atoms with Gasteiger partial charge in [-0.25, -0.2) is 0 Å². The molecular formula is C45H30N2. The third kappa shape index (κ3) is 3.06. The molecule has 7 aromatic carbocycles. The number of aromatic nitrogens is 2. The van der Waals surface area contributed by atoms with E-state index in [2.05, 4.69) is 168 Å². The quantitative estimate of drug-likeness (QED) is 0.187. The molecule has 1 aliphatic carbocycles. The number of hydrogen-bond acceptors (Lipinski definition) is 0. The number of benzene rings is 7. The minimum absolute atomic E-state index is 0.0139. The van der Waals surface area contributed by atoms with Crippen molar-refractivity contribution in [1.29, 1.82) is 0 Å². The predicted molar refractivity (Wildman–Crippen MR) is 198 cm³/mol. The van der Waals surface area contributed by atoms with Gasteiger partial charge in [0.2, 0.25) is 0 Å². The Balaban J connectivity index is 1.20. The van der Waals surface area contributed by atoms with Crippen LogP contribution in [-0.4, -0.2) is 8.97 Å². The monoisotopic (exact) mass is 598 g/mol. The van der Waals surface area contributed by atoms with E-state index < -0.39 is 0 Å². The lowest BCUT2D eigenvalue weighted by Gasteiger charge is -2.21. The second-order valence-corrected chi connectivity index (χ2v) is 13.7. The topological polar surface area (TPSA) is 9.34 Å². The fraction of sp³-hybridized carbons (Fsp3) is 0.0667. The molecule has 0 N–H and O–H groups in total. The van der Waals surface area contributed by atoms with Crippen LogP contribution < -0.4 is 0 Å². The van der Waals surface area contributed by atoms with Crippen LogP contribution in [0.2, 0.25) is 0 Å². The highest BCUT2D eigenvalue weighted by Gasteiger charge is 2.36. The van der Waals surface area contributed by atoms with Gasteiger partial charge in [-0.3, -0.25) is 0 Å². The molecule has 0 radical (unpaired) electrons. The summed E-state index contributed by atoms with van der Waals surface area (Å²) in [4.78, 5) is 0. The van der Waals surface area contributed by atoms with Gasteiger partial charge in [0.1, 0.15) is 0 Å². The summed E-state index contributed by atoms with van der Waals surface area (Å²) in [6.07, 6.45) is 0. The van der Waals surface area contributed by atoms with E-state index in [-0.39, 0.29) is 5.41 Å². The number of hydrogen-bond donors (Lipinski definition) is 0. The maximum Gasteiger partial charge on any atom is 0.0641 e. The molecule has 1 aliphatic rings. The van der Waals surface area contributed by atoms with Crippen LogP contribution in [0.25, 0.3) is 87.8 Å². The Labute approximate surface area is 272 Å². The zero-order chi connectivity index (χ0) is 31.0. The number of para-hydroxylation sites is 2. The summed E-state index contributed by atoms with van der Waals surface area (Å²) in [6, 6.07) is 54.2. The summed E-state index contributed by atoms with van der Waals surface area (Å²) in [6.45, 7) is 4.70. The van der Waals surface area contributed by atoms with E-state index in [1.807, 2.05) is 0 Å². The molecule has 2 nitrogen and oxygen atoms in total. The van der Waals surface area contributed by atoms with E-state index in [1.54, 1.807) is 0 Å². The van der Waals surface area contributed by atoms with Crippen LogP contribution in [-0.2, 0) is 5.41 Å². The molecule has 3 heterocycles. The van der Waals surface area contributed by atoms with Crippen molar-refractivity contribution in [3.05, 3.63) is 157 Å². The number of nitrogens with zero attached hydrogens (tertiary/aromatic N) is 2. The first-order chi connectivity index (χ1) is 23.1. The van der Waals surface area contributed by atoms with Gasteiger partial charge in [0.25, 0.3) is 0 Å². The minimum atomic E-state index is -0.0139. The lowest BCUT2D eigenvalue weighted by atomic mass is 9.82. The highest BCUT2D eigenvalue weighted by Crippen LogP contribution is 2.52. The largest absolute Gasteiger partial charge is 0.309 e. The lowest BCUT2D eigenvalue weighted by molar-refractivity contribution is 0.660. The molecule has 10 aromatic rings. The lowest BCUT2D eigenvalue weighted by Crippen LogP contribution is -2.14. The molecule has 0 unspecified atom stereocenters. The molecule has 47 heavy (non-hydrogen) atoms. The molecule has 0 atom stereocenters. The molecule has 3 aromatic heterocycles. The first-order valence-electron chi connectivity index (χ1n) is 16.5. The van der Waals surface area contributed by atoms with E-state index in [9.17, 15) is 0 Å². The summed E-state index contributed by atoms with van der Waals surface area (Å²) >= 11 is 0. The van der Waals surface area contributed by atoms with Crippen LogP contribution in [0.3, 0.4) is 0 Å². The van der Waals surface area contributed by atoms with Gasteiger partial charge in [-0.1, -0.05) is 123 Å². The molecule has 0 bridgehead atoms. The molecule has 2 heteroatoms. The van der Waals surface area contributed by atoms with Gasteiger partial charge in [-0.2, -0.15) is 0 Å². The first kappa shape index (κ1) is 25.3. The van der Waals surface area contributed by atoms with Gasteiger partial charge in [0, 0.05) is 38.0 Å². The Hall–Kier alpha value is -5.86. The Morgan fingerprint density at radius 1 is 0.426 bits per heavy atom.